The maximum absolute atomic E-state index is 15.1. The number of carbonyl (C=O) groups is 1. The number of hydrogen-bond donors (Lipinski definition) is 0. The van der Waals surface area contributed by atoms with E-state index in [0.717, 1.165) is 38.6 Å². The third kappa shape index (κ3) is 6.11. The Hall–Kier alpha value is -3.94. The predicted molar refractivity (Wildman–Crippen MR) is 141 cm³/mol. The number of ether oxygens (including phenoxy) is 3. The van der Waals surface area contributed by atoms with Crippen molar-refractivity contribution >= 4 is 17.5 Å². The Bertz CT molecular complexity index is 1330. The number of aromatic nitrogens is 4. The van der Waals surface area contributed by atoms with Crippen molar-refractivity contribution in [1.82, 2.24) is 24.9 Å². The fraction of sp³-hybridized carbons (Fsp3) is 0.444. The Balaban J connectivity index is 1.01. The van der Waals surface area contributed by atoms with E-state index in [2.05, 4.69) is 25.4 Å². The zero-order valence-electron chi connectivity index (χ0n) is 21.9. The number of carbonyl (C=O) groups excluding carboxylic acids is 1. The molecule has 0 aliphatic carbocycles. The summed E-state index contributed by atoms with van der Waals surface area (Å²) in [7, 11) is 0. The standard InChI is InChI=1S/C27H30FN7O5/c28-24-13-20(35-17-22(39-27(35)36)16-34-6-5-30-32-34)2-3-23(24)19-1-4-25(29-15-19)26-14-21(40-31-26)18-38-12-9-33-7-10-37-11-8-33/h1-6,13,15,21-22H,7-12,14,16-18H2/t21-,22-/m0/s1. The minimum absolute atomic E-state index is 0.153. The molecule has 0 bridgehead atoms. The van der Waals surface area contributed by atoms with Gasteiger partial charge in [-0.05, 0) is 24.3 Å². The maximum Gasteiger partial charge on any atom is 0.414 e. The number of rotatable bonds is 10. The molecule has 40 heavy (non-hydrogen) atoms. The molecule has 2 aromatic heterocycles. The summed E-state index contributed by atoms with van der Waals surface area (Å²) >= 11 is 0. The number of anilines is 1. The van der Waals surface area contributed by atoms with Gasteiger partial charge in [-0.15, -0.1) is 5.10 Å². The number of oxime groups is 1. The first kappa shape index (κ1) is 26.3. The van der Waals surface area contributed by atoms with Crippen molar-refractivity contribution in [1.29, 1.82) is 0 Å². The van der Waals surface area contributed by atoms with Gasteiger partial charge >= 0.3 is 6.09 Å². The molecule has 0 saturated carbocycles. The molecule has 6 rings (SSSR count). The highest BCUT2D eigenvalue weighted by Gasteiger charge is 2.33. The van der Waals surface area contributed by atoms with Crippen LogP contribution >= 0.6 is 0 Å². The van der Waals surface area contributed by atoms with E-state index >= 15 is 4.39 Å². The lowest BCUT2D eigenvalue weighted by molar-refractivity contribution is -0.0145. The fourth-order valence-electron chi connectivity index (χ4n) is 4.90. The molecule has 210 valence electrons. The first-order chi connectivity index (χ1) is 19.6. The number of cyclic esters (lactones) is 1. The fourth-order valence-corrected chi connectivity index (χ4v) is 4.90. The first-order valence-corrected chi connectivity index (χ1v) is 13.3. The molecule has 3 aromatic rings. The van der Waals surface area contributed by atoms with Crippen molar-refractivity contribution in [2.75, 3.05) is 57.5 Å². The summed E-state index contributed by atoms with van der Waals surface area (Å²) in [6, 6.07) is 8.28. The van der Waals surface area contributed by atoms with Gasteiger partial charge in [-0.2, -0.15) is 0 Å². The molecule has 0 radical (unpaired) electrons. The number of morpholine rings is 1. The average Bonchev–Trinajstić information content (AvgIpc) is 3.74. The third-order valence-electron chi connectivity index (χ3n) is 7.06. The summed E-state index contributed by atoms with van der Waals surface area (Å²) < 4.78 is 33.3. The number of nitrogens with zero attached hydrogens (tertiary/aromatic N) is 7. The van der Waals surface area contributed by atoms with Crippen LogP contribution in [0.15, 0.2) is 54.1 Å². The molecule has 5 heterocycles. The summed E-state index contributed by atoms with van der Waals surface area (Å²) in [6.07, 6.45) is 4.37. The van der Waals surface area contributed by atoms with Crippen LogP contribution in [0.5, 0.6) is 0 Å². The van der Waals surface area contributed by atoms with Gasteiger partial charge in [-0.25, -0.2) is 13.9 Å². The Labute approximate surface area is 230 Å². The van der Waals surface area contributed by atoms with E-state index in [1.54, 1.807) is 47.5 Å². The van der Waals surface area contributed by atoms with Gasteiger partial charge in [0.25, 0.3) is 0 Å². The second-order valence-electron chi connectivity index (χ2n) is 9.84. The van der Waals surface area contributed by atoms with Crippen LogP contribution in [0.3, 0.4) is 0 Å². The van der Waals surface area contributed by atoms with Crippen LogP contribution in [0, 0.1) is 5.82 Å². The van der Waals surface area contributed by atoms with Crippen LogP contribution in [-0.4, -0.2) is 101 Å². The molecular formula is C27H30FN7O5. The summed E-state index contributed by atoms with van der Waals surface area (Å²) in [4.78, 5) is 26.2. The van der Waals surface area contributed by atoms with Crippen LogP contribution in [0.1, 0.15) is 12.1 Å². The number of benzene rings is 1. The molecule has 3 aliphatic rings. The lowest BCUT2D eigenvalue weighted by Gasteiger charge is -2.26. The lowest BCUT2D eigenvalue weighted by atomic mass is 10.0. The van der Waals surface area contributed by atoms with Gasteiger partial charge in [0, 0.05) is 49.6 Å². The van der Waals surface area contributed by atoms with Crippen molar-refractivity contribution in [2.45, 2.75) is 25.2 Å². The summed E-state index contributed by atoms with van der Waals surface area (Å²) in [5.41, 5.74) is 2.83. The van der Waals surface area contributed by atoms with E-state index in [9.17, 15) is 4.79 Å². The van der Waals surface area contributed by atoms with Crippen LogP contribution < -0.4 is 4.90 Å². The number of hydrogen-bond acceptors (Lipinski definition) is 10. The molecule has 0 unspecified atom stereocenters. The predicted octanol–water partition coefficient (Wildman–Crippen LogP) is 2.35. The van der Waals surface area contributed by atoms with Gasteiger partial charge in [0.2, 0.25) is 0 Å². The molecule has 13 heteroatoms. The van der Waals surface area contributed by atoms with Gasteiger partial charge in [0.05, 0.1) is 57.1 Å². The average molecular weight is 552 g/mol. The Morgan fingerprint density at radius 3 is 2.80 bits per heavy atom. The molecule has 2 saturated heterocycles. The van der Waals surface area contributed by atoms with Crippen molar-refractivity contribution in [3.8, 4) is 11.1 Å². The second-order valence-corrected chi connectivity index (χ2v) is 9.84. The molecule has 2 atom stereocenters. The molecule has 3 aliphatic heterocycles. The highest BCUT2D eigenvalue weighted by atomic mass is 19.1. The number of halogens is 1. The summed E-state index contributed by atoms with van der Waals surface area (Å²) in [5.74, 6) is -0.463. The SMILES string of the molecule is O=C1O[C@@H](Cn2ccnn2)CN1c1ccc(-c2ccc(C3=NO[C@H](COCCN4CCOCC4)C3)nc2)c(F)c1. The largest absolute Gasteiger partial charge is 0.442 e. The van der Waals surface area contributed by atoms with E-state index in [4.69, 9.17) is 19.0 Å². The van der Waals surface area contributed by atoms with Gasteiger partial charge in [-0.1, -0.05) is 16.4 Å². The molecule has 0 spiro atoms. The number of amides is 1. The van der Waals surface area contributed by atoms with Gasteiger partial charge in [0.15, 0.2) is 6.10 Å². The van der Waals surface area contributed by atoms with Gasteiger partial charge in [0.1, 0.15) is 17.6 Å². The van der Waals surface area contributed by atoms with Crippen LogP contribution in [-0.2, 0) is 25.6 Å². The molecule has 1 aromatic carbocycles. The van der Waals surface area contributed by atoms with E-state index in [1.165, 1.54) is 11.0 Å². The molecular weight excluding hydrogens is 521 g/mol. The highest BCUT2D eigenvalue weighted by molar-refractivity contribution is 5.99. The Morgan fingerprint density at radius 2 is 2.02 bits per heavy atom. The van der Waals surface area contributed by atoms with Crippen LogP contribution in [0.2, 0.25) is 0 Å². The normalized spacial score (nSPS) is 21.4. The van der Waals surface area contributed by atoms with Gasteiger partial charge in [-0.3, -0.25) is 14.8 Å². The quantitative estimate of drug-likeness (QED) is 0.350. The van der Waals surface area contributed by atoms with Crippen LogP contribution in [0.4, 0.5) is 14.9 Å². The van der Waals surface area contributed by atoms with Crippen molar-refractivity contribution < 1.29 is 28.2 Å². The van der Waals surface area contributed by atoms with E-state index in [0.29, 0.717) is 48.7 Å². The van der Waals surface area contributed by atoms with E-state index in [-0.39, 0.29) is 12.6 Å². The van der Waals surface area contributed by atoms with Crippen molar-refractivity contribution in [3.05, 3.63) is 60.4 Å². The third-order valence-corrected chi connectivity index (χ3v) is 7.06. The first-order valence-electron chi connectivity index (χ1n) is 13.3. The minimum Gasteiger partial charge on any atom is -0.442 e. The number of pyridine rings is 1. The summed E-state index contributed by atoms with van der Waals surface area (Å²) in [5, 5.41) is 11.8. The van der Waals surface area contributed by atoms with Gasteiger partial charge < -0.3 is 19.0 Å². The topological polar surface area (TPSA) is 116 Å². The smallest absolute Gasteiger partial charge is 0.414 e. The molecule has 0 N–H and O–H groups in total. The molecule has 12 nitrogen and oxygen atoms in total. The van der Waals surface area contributed by atoms with E-state index < -0.39 is 18.0 Å². The molecule has 1 amide bonds. The van der Waals surface area contributed by atoms with Crippen molar-refractivity contribution in [2.24, 2.45) is 5.16 Å². The summed E-state index contributed by atoms with van der Waals surface area (Å²) in [6.45, 7) is 6.04. The monoisotopic (exact) mass is 551 g/mol. The van der Waals surface area contributed by atoms with E-state index in [1.807, 2.05) is 0 Å². The highest BCUT2D eigenvalue weighted by Crippen LogP contribution is 2.29. The van der Waals surface area contributed by atoms with Crippen molar-refractivity contribution in [3.63, 3.8) is 0 Å². The zero-order valence-corrected chi connectivity index (χ0v) is 21.9. The Kier molecular flexibility index (Phi) is 7.93. The van der Waals surface area contributed by atoms with Crippen LogP contribution in [0.25, 0.3) is 11.1 Å². The lowest BCUT2D eigenvalue weighted by Crippen LogP contribution is -2.38. The second kappa shape index (κ2) is 12.1. The zero-order chi connectivity index (χ0) is 27.3. The molecule has 2 fully saturated rings. The Morgan fingerprint density at radius 1 is 1.12 bits per heavy atom. The maximum atomic E-state index is 15.1. The minimum atomic E-state index is -0.524.